The highest BCUT2D eigenvalue weighted by Crippen LogP contribution is 2.39. The molecule has 2 aromatic heterocycles. The van der Waals surface area contributed by atoms with Crippen LogP contribution < -0.4 is 14.9 Å². The fourth-order valence-electron chi connectivity index (χ4n) is 4.01. The van der Waals surface area contributed by atoms with Gasteiger partial charge in [-0.25, -0.2) is 19.4 Å². The van der Waals surface area contributed by atoms with Crippen molar-refractivity contribution in [3.63, 3.8) is 0 Å². The number of benzene rings is 1. The number of hydrogen-bond acceptors (Lipinski definition) is 6. The summed E-state index contributed by atoms with van der Waals surface area (Å²) < 4.78 is 25.6. The number of ether oxygens (including phenoxy) is 2. The van der Waals surface area contributed by atoms with Gasteiger partial charge in [0, 0.05) is 30.9 Å². The lowest BCUT2D eigenvalue weighted by Gasteiger charge is -2.26. The Kier molecular flexibility index (Phi) is 6.99. The van der Waals surface area contributed by atoms with Crippen molar-refractivity contribution in [3.05, 3.63) is 36.0 Å². The number of fused-ring (bicyclic) bond motifs is 1. The minimum atomic E-state index is -0.500. The summed E-state index contributed by atoms with van der Waals surface area (Å²) in [5.41, 5.74) is 5.60. The highest BCUT2D eigenvalue weighted by molar-refractivity contribution is 6.07. The number of nitrogens with one attached hydrogen (secondary N) is 2. The highest BCUT2D eigenvalue weighted by Gasteiger charge is 2.25. The van der Waals surface area contributed by atoms with Gasteiger partial charge < -0.3 is 14.5 Å². The number of H-pyrrole nitrogens is 1. The van der Waals surface area contributed by atoms with E-state index in [0.717, 1.165) is 38.8 Å². The number of carbonyl (C=O) groups excluding carboxylic acids is 1. The summed E-state index contributed by atoms with van der Waals surface area (Å²) in [5.74, 6) is 0.281. The van der Waals surface area contributed by atoms with Gasteiger partial charge >= 0.3 is 0 Å². The maximum absolute atomic E-state index is 14.4. The van der Waals surface area contributed by atoms with Crippen molar-refractivity contribution in [2.24, 2.45) is 5.92 Å². The minimum absolute atomic E-state index is 0. The van der Waals surface area contributed by atoms with Crippen molar-refractivity contribution in [1.82, 2.24) is 25.4 Å². The van der Waals surface area contributed by atoms with Crippen LogP contribution in [-0.2, 0) is 0 Å². The molecule has 33 heavy (non-hydrogen) atoms. The van der Waals surface area contributed by atoms with Gasteiger partial charge in [0.15, 0.2) is 11.6 Å². The molecule has 2 N–H and O–H groups in total. The minimum Gasteiger partial charge on any atom is -0.494 e. The third-order valence-electron chi connectivity index (χ3n) is 6.00. The summed E-state index contributed by atoms with van der Waals surface area (Å²) in [6.07, 6.45) is 8.60. The van der Waals surface area contributed by atoms with Gasteiger partial charge in [0.2, 0.25) is 0 Å². The molecular formula is C23H27ClFN5O3. The van der Waals surface area contributed by atoms with Crippen LogP contribution in [0.1, 0.15) is 42.5 Å². The van der Waals surface area contributed by atoms with Crippen LogP contribution in [0.5, 0.6) is 11.5 Å². The lowest BCUT2D eigenvalue weighted by Crippen LogP contribution is -2.45. The number of nitrogens with zero attached hydrogens (tertiary/aromatic N) is 3. The van der Waals surface area contributed by atoms with Crippen LogP contribution in [0, 0.1) is 11.7 Å². The van der Waals surface area contributed by atoms with Gasteiger partial charge in [-0.2, -0.15) is 0 Å². The molecule has 1 saturated heterocycles. The molecule has 5 rings (SSSR count). The maximum Gasteiger partial charge on any atom is 0.269 e. The number of halogens is 2. The molecule has 1 saturated carbocycles. The Balaban J connectivity index is 0.00000259. The molecule has 0 atom stereocenters. The van der Waals surface area contributed by atoms with Gasteiger partial charge in [-0.15, -0.1) is 12.4 Å². The van der Waals surface area contributed by atoms with Crippen LogP contribution in [0.2, 0.25) is 0 Å². The van der Waals surface area contributed by atoms with Gasteiger partial charge in [-0.05, 0) is 37.7 Å². The second kappa shape index (κ2) is 9.93. The summed E-state index contributed by atoms with van der Waals surface area (Å²) in [6.45, 7) is 2.21. The van der Waals surface area contributed by atoms with Crippen LogP contribution in [-0.4, -0.2) is 52.7 Å². The molecule has 1 aromatic carbocycles. The number of aromatic nitrogens is 3. The van der Waals surface area contributed by atoms with Crippen molar-refractivity contribution in [2.75, 3.05) is 26.8 Å². The molecule has 1 aliphatic carbocycles. The van der Waals surface area contributed by atoms with Crippen molar-refractivity contribution < 1.29 is 18.7 Å². The number of amides is 1. The Morgan fingerprint density at radius 2 is 2.00 bits per heavy atom. The molecule has 8 nitrogen and oxygen atoms in total. The Bertz CT molecular complexity index is 1140. The van der Waals surface area contributed by atoms with Crippen molar-refractivity contribution in [2.45, 2.75) is 32.1 Å². The number of methoxy groups -OCH3 is 1. The molecule has 3 heterocycles. The third kappa shape index (κ3) is 4.89. The number of carbonyl (C=O) groups is 1. The zero-order chi connectivity index (χ0) is 22.1. The predicted octanol–water partition coefficient (Wildman–Crippen LogP) is 4.11. The largest absolute Gasteiger partial charge is 0.494 e. The number of hydrogen-bond donors (Lipinski definition) is 2. The van der Waals surface area contributed by atoms with E-state index >= 15 is 0 Å². The molecule has 3 aromatic rings. The van der Waals surface area contributed by atoms with E-state index in [-0.39, 0.29) is 24.1 Å². The lowest BCUT2D eigenvalue weighted by atomic mass is 10.1. The number of hydrazine groups is 1. The van der Waals surface area contributed by atoms with E-state index in [1.165, 1.54) is 25.9 Å². The molecule has 176 valence electrons. The molecule has 0 unspecified atom stereocenters. The molecule has 2 fully saturated rings. The zero-order valence-electron chi connectivity index (χ0n) is 18.4. The topological polar surface area (TPSA) is 92.4 Å². The van der Waals surface area contributed by atoms with Crippen LogP contribution in [0.15, 0.2) is 24.7 Å². The van der Waals surface area contributed by atoms with E-state index in [1.54, 1.807) is 12.3 Å². The van der Waals surface area contributed by atoms with E-state index < -0.39 is 5.82 Å². The van der Waals surface area contributed by atoms with Gasteiger partial charge in [0.25, 0.3) is 5.91 Å². The first kappa shape index (κ1) is 23.3. The summed E-state index contributed by atoms with van der Waals surface area (Å²) in [7, 11) is 1.42. The van der Waals surface area contributed by atoms with Gasteiger partial charge in [0.05, 0.1) is 24.8 Å². The smallest absolute Gasteiger partial charge is 0.269 e. The number of piperidine rings is 1. The fourth-order valence-corrected chi connectivity index (χ4v) is 4.01. The zero-order valence-corrected chi connectivity index (χ0v) is 19.2. The first-order valence-corrected chi connectivity index (χ1v) is 11.0. The SMILES string of the molecule is COc1cc(-c2ncnc3c(C(=O)NN4CCCCC4)c[nH]c23)c(OCC2CC2)cc1F.Cl. The van der Waals surface area contributed by atoms with Crippen molar-refractivity contribution in [3.8, 4) is 22.8 Å². The van der Waals surface area contributed by atoms with Crippen LogP contribution in [0.3, 0.4) is 0 Å². The highest BCUT2D eigenvalue weighted by atomic mass is 35.5. The first-order chi connectivity index (χ1) is 15.6. The molecule has 1 amide bonds. The maximum atomic E-state index is 14.4. The molecule has 10 heteroatoms. The average molecular weight is 476 g/mol. The standard InChI is InChI=1S/C23H26FN5O3.ClH/c1-31-19-9-15(18(10-17(19)24)32-12-14-5-6-14)20-22-21(27-13-26-20)16(11-25-22)23(30)28-29-7-3-2-4-8-29;/h9-11,13-14,25H,2-8,12H2,1H3,(H,28,30);1H. The van der Waals surface area contributed by atoms with Crippen molar-refractivity contribution in [1.29, 1.82) is 0 Å². The third-order valence-corrected chi connectivity index (χ3v) is 6.00. The second-order valence-electron chi connectivity index (χ2n) is 8.37. The van der Waals surface area contributed by atoms with Crippen LogP contribution >= 0.6 is 12.4 Å². The van der Waals surface area contributed by atoms with E-state index in [0.29, 0.717) is 46.1 Å². The molecule has 0 radical (unpaired) electrons. The van der Waals surface area contributed by atoms with E-state index in [1.807, 2.05) is 5.01 Å². The quantitative estimate of drug-likeness (QED) is 0.534. The Morgan fingerprint density at radius 3 is 2.73 bits per heavy atom. The predicted molar refractivity (Wildman–Crippen MR) is 124 cm³/mol. The Morgan fingerprint density at radius 1 is 1.21 bits per heavy atom. The molecule has 0 bridgehead atoms. The number of aromatic amines is 1. The second-order valence-corrected chi connectivity index (χ2v) is 8.37. The number of rotatable bonds is 7. The molecule has 2 aliphatic rings. The monoisotopic (exact) mass is 475 g/mol. The Labute approximate surface area is 197 Å². The molecule has 0 spiro atoms. The summed E-state index contributed by atoms with van der Waals surface area (Å²) in [4.78, 5) is 24.8. The van der Waals surface area contributed by atoms with Gasteiger partial charge in [-0.3, -0.25) is 10.2 Å². The first-order valence-electron chi connectivity index (χ1n) is 11.0. The summed E-state index contributed by atoms with van der Waals surface area (Å²) >= 11 is 0. The van der Waals surface area contributed by atoms with Crippen LogP contribution in [0.25, 0.3) is 22.3 Å². The van der Waals surface area contributed by atoms with E-state index in [2.05, 4.69) is 20.4 Å². The van der Waals surface area contributed by atoms with Crippen molar-refractivity contribution >= 4 is 29.3 Å². The van der Waals surface area contributed by atoms with E-state index in [4.69, 9.17) is 9.47 Å². The molecular weight excluding hydrogens is 449 g/mol. The van der Waals surface area contributed by atoms with Crippen LogP contribution in [0.4, 0.5) is 4.39 Å². The summed E-state index contributed by atoms with van der Waals surface area (Å²) in [6, 6.07) is 2.91. The Hall–Kier alpha value is -2.91. The molecule has 1 aliphatic heterocycles. The summed E-state index contributed by atoms with van der Waals surface area (Å²) in [5, 5.41) is 1.95. The fraction of sp³-hybridized carbons (Fsp3) is 0.435. The normalized spacial score (nSPS) is 16.3. The van der Waals surface area contributed by atoms with Gasteiger partial charge in [0.1, 0.15) is 23.3 Å². The van der Waals surface area contributed by atoms with E-state index in [9.17, 15) is 9.18 Å². The van der Waals surface area contributed by atoms with Gasteiger partial charge in [-0.1, -0.05) is 6.42 Å². The lowest BCUT2D eigenvalue weighted by molar-refractivity contribution is 0.0751. The average Bonchev–Trinajstić information content (AvgIpc) is 3.54.